The lowest BCUT2D eigenvalue weighted by Gasteiger charge is -2.03. The minimum atomic E-state index is -0.263. The molecule has 2 nitrogen and oxygen atoms in total. The Labute approximate surface area is 113 Å². The Balaban J connectivity index is 1.73. The van der Waals surface area contributed by atoms with E-state index in [1.807, 2.05) is 17.5 Å². The molecular weight excluding hydrogens is 269 g/mol. The summed E-state index contributed by atoms with van der Waals surface area (Å²) in [4.78, 5) is 13.6. The number of hydrogen-bond donors (Lipinski definition) is 1. The van der Waals surface area contributed by atoms with Crippen molar-refractivity contribution < 1.29 is 9.18 Å². The molecule has 2 rings (SSSR count). The van der Waals surface area contributed by atoms with Crippen LogP contribution < -0.4 is 5.32 Å². The van der Waals surface area contributed by atoms with Gasteiger partial charge in [-0.3, -0.25) is 4.79 Å². The fourth-order valence-electron chi connectivity index (χ4n) is 1.33. The molecule has 2 aromatic rings. The Hall–Kier alpha value is -1.33. The molecule has 94 valence electrons. The monoisotopic (exact) mass is 281 g/mol. The van der Waals surface area contributed by atoms with Gasteiger partial charge in [0.15, 0.2) is 0 Å². The van der Waals surface area contributed by atoms with E-state index in [9.17, 15) is 9.18 Å². The van der Waals surface area contributed by atoms with Gasteiger partial charge in [-0.25, -0.2) is 4.39 Å². The first-order valence-corrected chi connectivity index (χ1v) is 7.28. The Bertz CT molecular complexity index is 496. The normalized spacial score (nSPS) is 10.3. The second kappa shape index (κ2) is 6.56. The third kappa shape index (κ3) is 4.16. The molecular formula is C13H12FNOS2. The average Bonchev–Trinajstić information content (AvgIpc) is 2.89. The van der Waals surface area contributed by atoms with Crippen LogP contribution in [0.1, 0.15) is 4.88 Å². The number of carbonyl (C=O) groups excluding carboxylic acids is 1. The van der Waals surface area contributed by atoms with Gasteiger partial charge >= 0.3 is 0 Å². The van der Waals surface area contributed by atoms with Crippen molar-refractivity contribution in [2.45, 2.75) is 11.4 Å². The topological polar surface area (TPSA) is 29.1 Å². The standard InChI is InChI=1S/C13H12FNOS2/c14-10-3-5-11(6-4-10)18-9-13(16)15-8-12-2-1-7-17-12/h1-7H,8-9H2,(H,15,16). The highest BCUT2D eigenvalue weighted by atomic mass is 32.2. The van der Waals surface area contributed by atoms with Gasteiger partial charge in [0.1, 0.15) is 5.82 Å². The number of halogens is 1. The van der Waals surface area contributed by atoms with Gasteiger partial charge < -0.3 is 5.32 Å². The molecule has 5 heteroatoms. The average molecular weight is 281 g/mol. The molecule has 0 radical (unpaired) electrons. The number of carbonyl (C=O) groups is 1. The summed E-state index contributed by atoms with van der Waals surface area (Å²) in [5.41, 5.74) is 0. The molecule has 0 aliphatic heterocycles. The van der Waals surface area contributed by atoms with Crippen molar-refractivity contribution in [1.29, 1.82) is 0 Å². The van der Waals surface area contributed by atoms with E-state index in [1.165, 1.54) is 23.9 Å². The molecule has 18 heavy (non-hydrogen) atoms. The maximum atomic E-state index is 12.7. The maximum absolute atomic E-state index is 12.7. The van der Waals surface area contributed by atoms with Crippen LogP contribution in [0.3, 0.4) is 0 Å². The highest BCUT2D eigenvalue weighted by Crippen LogP contribution is 2.17. The summed E-state index contributed by atoms with van der Waals surface area (Å²) in [6.45, 7) is 0.570. The van der Waals surface area contributed by atoms with Crippen LogP contribution in [-0.2, 0) is 11.3 Å². The number of rotatable bonds is 5. The highest BCUT2D eigenvalue weighted by molar-refractivity contribution is 8.00. The Morgan fingerprint density at radius 1 is 1.28 bits per heavy atom. The molecule has 0 fully saturated rings. The Kier molecular flexibility index (Phi) is 4.78. The van der Waals surface area contributed by atoms with Crippen LogP contribution in [0.4, 0.5) is 4.39 Å². The van der Waals surface area contributed by atoms with E-state index in [0.29, 0.717) is 12.3 Å². The molecule has 0 atom stereocenters. The summed E-state index contributed by atoms with van der Waals surface area (Å²) >= 11 is 3.02. The van der Waals surface area contributed by atoms with Crippen molar-refractivity contribution in [1.82, 2.24) is 5.32 Å². The van der Waals surface area contributed by atoms with Gasteiger partial charge in [0, 0.05) is 9.77 Å². The number of benzene rings is 1. The second-order valence-corrected chi connectivity index (χ2v) is 5.68. The van der Waals surface area contributed by atoms with E-state index >= 15 is 0 Å². The van der Waals surface area contributed by atoms with Crippen molar-refractivity contribution in [3.05, 3.63) is 52.5 Å². The number of thiophene rings is 1. The van der Waals surface area contributed by atoms with Gasteiger partial charge in [-0.1, -0.05) is 6.07 Å². The first-order chi connectivity index (χ1) is 8.74. The molecule has 1 amide bonds. The lowest BCUT2D eigenvalue weighted by Crippen LogP contribution is -2.24. The molecule has 0 aliphatic rings. The van der Waals surface area contributed by atoms with Crippen LogP contribution in [0.25, 0.3) is 0 Å². The number of thioether (sulfide) groups is 1. The van der Waals surface area contributed by atoms with Gasteiger partial charge in [-0.2, -0.15) is 0 Å². The fraction of sp³-hybridized carbons (Fsp3) is 0.154. The number of amides is 1. The number of nitrogens with one attached hydrogen (secondary N) is 1. The Morgan fingerprint density at radius 2 is 2.06 bits per heavy atom. The molecule has 0 unspecified atom stereocenters. The smallest absolute Gasteiger partial charge is 0.230 e. The summed E-state index contributed by atoms with van der Waals surface area (Å²) in [5.74, 6) is 0.0658. The first-order valence-electron chi connectivity index (χ1n) is 5.41. The SMILES string of the molecule is O=C(CSc1ccc(F)cc1)NCc1cccs1. The lowest BCUT2D eigenvalue weighted by atomic mass is 10.4. The molecule has 1 N–H and O–H groups in total. The van der Waals surface area contributed by atoms with Gasteiger partial charge in [0.2, 0.25) is 5.91 Å². The zero-order chi connectivity index (χ0) is 12.8. The first kappa shape index (κ1) is 13.1. The summed E-state index contributed by atoms with van der Waals surface area (Å²) in [6, 6.07) is 10.1. The zero-order valence-corrected chi connectivity index (χ0v) is 11.2. The van der Waals surface area contributed by atoms with Crippen LogP contribution in [0.5, 0.6) is 0 Å². The predicted octanol–water partition coefficient (Wildman–Crippen LogP) is 3.30. The van der Waals surface area contributed by atoms with Crippen LogP contribution in [0, 0.1) is 5.82 Å². The molecule has 1 aromatic carbocycles. The van der Waals surface area contributed by atoms with E-state index in [2.05, 4.69) is 5.32 Å². The van der Waals surface area contributed by atoms with Crippen LogP contribution >= 0.6 is 23.1 Å². The molecule has 1 heterocycles. The lowest BCUT2D eigenvalue weighted by molar-refractivity contribution is -0.118. The van der Waals surface area contributed by atoms with Crippen molar-refractivity contribution in [3.8, 4) is 0 Å². The van der Waals surface area contributed by atoms with E-state index in [4.69, 9.17) is 0 Å². The molecule has 1 aromatic heterocycles. The third-order valence-corrected chi connectivity index (χ3v) is 4.11. The predicted molar refractivity (Wildman–Crippen MR) is 73.3 cm³/mol. The van der Waals surface area contributed by atoms with Crippen molar-refractivity contribution >= 4 is 29.0 Å². The molecule has 0 aliphatic carbocycles. The van der Waals surface area contributed by atoms with Crippen molar-refractivity contribution in [2.75, 3.05) is 5.75 Å². The van der Waals surface area contributed by atoms with Gasteiger partial charge in [0.25, 0.3) is 0 Å². The van der Waals surface area contributed by atoms with E-state index in [0.717, 1.165) is 9.77 Å². The Morgan fingerprint density at radius 3 is 2.72 bits per heavy atom. The van der Waals surface area contributed by atoms with E-state index < -0.39 is 0 Å². The van der Waals surface area contributed by atoms with Gasteiger partial charge in [0.05, 0.1) is 12.3 Å². The summed E-state index contributed by atoms with van der Waals surface area (Å²) in [5, 5.41) is 4.82. The number of hydrogen-bond acceptors (Lipinski definition) is 3. The van der Waals surface area contributed by atoms with Gasteiger partial charge in [-0.05, 0) is 35.7 Å². The maximum Gasteiger partial charge on any atom is 0.230 e. The van der Waals surface area contributed by atoms with Crippen molar-refractivity contribution in [3.63, 3.8) is 0 Å². The summed E-state index contributed by atoms with van der Waals surface area (Å²) < 4.78 is 12.7. The quantitative estimate of drug-likeness (QED) is 0.852. The second-order valence-electron chi connectivity index (χ2n) is 3.60. The summed E-state index contributed by atoms with van der Waals surface area (Å²) in [7, 11) is 0. The van der Waals surface area contributed by atoms with Crippen LogP contribution in [0.2, 0.25) is 0 Å². The zero-order valence-electron chi connectivity index (χ0n) is 9.56. The van der Waals surface area contributed by atoms with Crippen LogP contribution in [0.15, 0.2) is 46.7 Å². The third-order valence-electron chi connectivity index (χ3n) is 2.22. The molecule has 0 spiro atoms. The van der Waals surface area contributed by atoms with E-state index in [1.54, 1.807) is 23.5 Å². The molecule has 0 saturated heterocycles. The largest absolute Gasteiger partial charge is 0.350 e. The fourth-order valence-corrected chi connectivity index (χ4v) is 2.70. The van der Waals surface area contributed by atoms with Gasteiger partial charge in [-0.15, -0.1) is 23.1 Å². The molecule has 0 saturated carbocycles. The minimum Gasteiger partial charge on any atom is -0.350 e. The van der Waals surface area contributed by atoms with Crippen molar-refractivity contribution in [2.24, 2.45) is 0 Å². The highest BCUT2D eigenvalue weighted by Gasteiger charge is 2.03. The molecule has 0 bridgehead atoms. The summed E-state index contributed by atoms with van der Waals surface area (Å²) in [6.07, 6.45) is 0. The van der Waals surface area contributed by atoms with E-state index in [-0.39, 0.29) is 11.7 Å². The minimum absolute atomic E-state index is 0.0160. The van der Waals surface area contributed by atoms with Crippen LogP contribution in [-0.4, -0.2) is 11.7 Å².